The summed E-state index contributed by atoms with van der Waals surface area (Å²) in [7, 11) is 0. The largest absolute Gasteiger partial charge is 0.493 e. The molecule has 0 aliphatic rings. The van der Waals surface area contributed by atoms with Gasteiger partial charge < -0.3 is 10.5 Å². The molecule has 0 aliphatic heterocycles. The van der Waals surface area contributed by atoms with E-state index in [0.717, 1.165) is 12.8 Å². The maximum atomic E-state index is 13.5. The van der Waals surface area contributed by atoms with Crippen molar-refractivity contribution in [2.45, 2.75) is 39.0 Å². The lowest BCUT2D eigenvalue weighted by Gasteiger charge is -2.07. The smallest absolute Gasteiger partial charge is 0.137 e. The monoisotopic (exact) mass is 269 g/mol. The van der Waals surface area contributed by atoms with Gasteiger partial charge in [-0.1, -0.05) is 44.8 Å². The predicted molar refractivity (Wildman–Crippen MR) is 76.5 cm³/mol. The molecule has 1 aromatic rings. The molecule has 100 valence electrons. The van der Waals surface area contributed by atoms with Crippen LogP contribution >= 0.6 is 12.2 Å². The zero-order valence-electron chi connectivity index (χ0n) is 10.7. The van der Waals surface area contributed by atoms with E-state index in [0.29, 0.717) is 12.4 Å². The Morgan fingerprint density at radius 1 is 1.28 bits per heavy atom. The van der Waals surface area contributed by atoms with Crippen molar-refractivity contribution in [1.29, 1.82) is 0 Å². The summed E-state index contributed by atoms with van der Waals surface area (Å²) in [6, 6.07) is 4.59. The summed E-state index contributed by atoms with van der Waals surface area (Å²) in [5, 5.41) is 0. The molecule has 0 saturated heterocycles. The van der Waals surface area contributed by atoms with Crippen molar-refractivity contribution in [2.75, 3.05) is 6.61 Å². The van der Waals surface area contributed by atoms with E-state index in [1.807, 2.05) is 0 Å². The minimum Gasteiger partial charge on any atom is -0.493 e. The number of thiocarbonyl (C=S) groups is 1. The Morgan fingerprint density at radius 3 is 2.61 bits per heavy atom. The standard InChI is InChI=1S/C14H20FNOS/c1-2-3-4-5-6-9-17-11-7-8-12(14(16)18)13(15)10-11/h7-8,10H,2-6,9H2,1H3,(H2,16,18). The Labute approximate surface area is 113 Å². The number of ether oxygens (including phenoxy) is 1. The van der Waals surface area contributed by atoms with Crippen LogP contribution in [-0.2, 0) is 0 Å². The van der Waals surface area contributed by atoms with Gasteiger partial charge >= 0.3 is 0 Å². The van der Waals surface area contributed by atoms with Gasteiger partial charge in [0, 0.05) is 11.6 Å². The topological polar surface area (TPSA) is 35.2 Å². The fraction of sp³-hybridized carbons (Fsp3) is 0.500. The Morgan fingerprint density at radius 2 is 2.00 bits per heavy atom. The van der Waals surface area contributed by atoms with Crippen LogP contribution in [0, 0.1) is 5.82 Å². The van der Waals surface area contributed by atoms with Gasteiger partial charge in [-0.15, -0.1) is 0 Å². The molecule has 0 unspecified atom stereocenters. The van der Waals surface area contributed by atoms with Crippen molar-refractivity contribution in [3.8, 4) is 5.75 Å². The second-order valence-electron chi connectivity index (χ2n) is 4.27. The number of benzene rings is 1. The van der Waals surface area contributed by atoms with Gasteiger partial charge in [-0.05, 0) is 18.6 Å². The summed E-state index contributed by atoms with van der Waals surface area (Å²) in [5.74, 6) is 0.106. The van der Waals surface area contributed by atoms with Gasteiger partial charge in [0.1, 0.15) is 16.6 Å². The van der Waals surface area contributed by atoms with E-state index in [1.165, 1.54) is 25.3 Å². The van der Waals surface area contributed by atoms with Crippen LogP contribution in [0.3, 0.4) is 0 Å². The van der Waals surface area contributed by atoms with Gasteiger partial charge in [0.05, 0.1) is 6.61 Å². The average Bonchev–Trinajstić information content (AvgIpc) is 2.33. The van der Waals surface area contributed by atoms with E-state index in [4.69, 9.17) is 22.7 Å². The molecule has 0 aliphatic carbocycles. The molecule has 18 heavy (non-hydrogen) atoms. The van der Waals surface area contributed by atoms with Crippen molar-refractivity contribution in [2.24, 2.45) is 5.73 Å². The van der Waals surface area contributed by atoms with Crippen LogP contribution in [0.5, 0.6) is 5.75 Å². The Hall–Kier alpha value is -1.16. The van der Waals surface area contributed by atoms with E-state index in [-0.39, 0.29) is 10.6 Å². The fourth-order valence-electron chi connectivity index (χ4n) is 1.68. The molecule has 0 saturated carbocycles. The lowest BCUT2D eigenvalue weighted by Crippen LogP contribution is -2.11. The first-order valence-electron chi connectivity index (χ1n) is 6.37. The molecule has 0 radical (unpaired) electrons. The molecule has 0 atom stereocenters. The molecule has 0 amide bonds. The highest BCUT2D eigenvalue weighted by molar-refractivity contribution is 7.80. The third-order valence-electron chi connectivity index (χ3n) is 2.72. The highest BCUT2D eigenvalue weighted by Crippen LogP contribution is 2.17. The first kappa shape index (κ1) is 14.9. The Bertz CT molecular complexity index is 395. The first-order valence-corrected chi connectivity index (χ1v) is 6.78. The molecule has 0 bridgehead atoms. The summed E-state index contributed by atoms with van der Waals surface area (Å²) in [4.78, 5) is 0.0682. The van der Waals surface area contributed by atoms with Crippen molar-refractivity contribution in [3.05, 3.63) is 29.6 Å². The summed E-state index contributed by atoms with van der Waals surface area (Å²) in [6.07, 6.45) is 5.87. The van der Waals surface area contributed by atoms with Crippen LogP contribution in [0.25, 0.3) is 0 Å². The van der Waals surface area contributed by atoms with Crippen LogP contribution in [-0.4, -0.2) is 11.6 Å². The summed E-state index contributed by atoms with van der Waals surface area (Å²) < 4.78 is 19.0. The molecule has 0 fully saturated rings. The predicted octanol–water partition coefficient (Wildman–Crippen LogP) is 3.81. The third kappa shape index (κ3) is 5.00. The normalized spacial score (nSPS) is 10.3. The molecular weight excluding hydrogens is 249 g/mol. The van der Waals surface area contributed by atoms with Gasteiger partial charge in [0.2, 0.25) is 0 Å². The van der Waals surface area contributed by atoms with E-state index >= 15 is 0 Å². The lowest BCUT2D eigenvalue weighted by atomic mass is 10.2. The van der Waals surface area contributed by atoms with Gasteiger partial charge in [-0.2, -0.15) is 0 Å². The number of hydrogen-bond donors (Lipinski definition) is 1. The number of rotatable bonds is 8. The van der Waals surface area contributed by atoms with E-state index < -0.39 is 5.82 Å². The lowest BCUT2D eigenvalue weighted by molar-refractivity contribution is 0.303. The molecular formula is C14H20FNOS. The minimum absolute atomic E-state index is 0.0682. The number of halogens is 1. The van der Waals surface area contributed by atoms with E-state index in [1.54, 1.807) is 12.1 Å². The van der Waals surface area contributed by atoms with Crippen molar-refractivity contribution in [1.82, 2.24) is 0 Å². The van der Waals surface area contributed by atoms with Gasteiger partial charge in [0.15, 0.2) is 0 Å². The molecule has 0 spiro atoms. The minimum atomic E-state index is -0.425. The van der Waals surface area contributed by atoms with Crippen LogP contribution in [0.1, 0.15) is 44.6 Å². The zero-order chi connectivity index (χ0) is 13.4. The maximum absolute atomic E-state index is 13.5. The molecule has 1 rings (SSSR count). The van der Waals surface area contributed by atoms with Gasteiger partial charge in [-0.3, -0.25) is 0 Å². The highest BCUT2D eigenvalue weighted by Gasteiger charge is 2.06. The third-order valence-corrected chi connectivity index (χ3v) is 2.94. The summed E-state index contributed by atoms with van der Waals surface area (Å²) >= 11 is 4.74. The van der Waals surface area contributed by atoms with E-state index in [2.05, 4.69) is 6.92 Å². The van der Waals surface area contributed by atoms with Crippen LogP contribution in [0.4, 0.5) is 4.39 Å². The fourth-order valence-corrected chi connectivity index (χ4v) is 1.85. The second kappa shape index (κ2) is 8.03. The van der Waals surface area contributed by atoms with Gasteiger partial charge in [0.25, 0.3) is 0 Å². The van der Waals surface area contributed by atoms with Crippen LogP contribution in [0.2, 0.25) is 0 Å². The van der Waals surface area contributed by atoms with E-state index in [9.17, 15) is 4.39 Å². The molecule has 0 aromatic heterocycles. The first-order chi connectivity index (χ1) is 8.65. The molecule has 1 aromatic carbocycles. The molecule has 4 heteroatoms. The second-order valence-corrected chi connectivity index (χ2v) is 4.71. The van der Waals surface area contributed by atoms with Gasteiger partial charge in [-0.25, -0.2) is 4.39 Å². The summed E-state index contributed by atoms with van der Waals surface area (Å²) in [5.41, 5.74) is 5.65. The average molecular weight is 269 g/mol. The maximum Gasteiger partial charge on any atom is 0.137 e. The SMILES string of the molecule is CCCCCCCOc1ccc(C(N)=S)c(F)c1. The number of unbranched alkanes of at least 4 members (excludes halogenated alkanes) is 4. The molecule has 2 N–H and O–H groups in total. The Kier molecular flexibility index (Phi) is 6.65. The quantitative estimate of drug-likeness (QED) is 0.576. The Balaban J connectivity index is 2.35. The zero-order valence-corrected chi connectivity index (χ0v) is 11.6. The molecule has 0 heterocycles. The van der Waals surface area contributed by atoms with Crippen molar-refractivity contribution in [3.63, 3.8) is 0 Å². The van der Waals surface area contributed by atoms with Crippen molar-refractivity contribution < 1.29 is 9.13 Å². The van der Waals surface area contributed by atoms with Crippen LogP contribution in [0.15, 0.2) is 18.2 Å². The van der Waals surface area contributed by atoms with Crippen LogP contribution < -0.4 is 10.5 Å². The number of hydrogen-bond acceptors (Lipinski definition) is 2. The highest BCUT2D eigenvalue weighted by atomic mass is 32.1. The van der Waals surface area contributed by atoms with Crippen molar-refractivity contribution >= 4 is 17.2 Å². The summed E-state index contributed by atoms with van der Waals surface area (Å²) in [6.45, 7) is 2.80. The number of nitrogens with two attached hydrogens (primary N) is 1. The molecule has 2 nitrogen and oxygen atoms in total.